The second-order valence-electron chi connectivity index (χ2n) is 5.76. The van der Waals surface area contributed by atoms with Gasteiger partial charge in [0, 0.05) is 0 Å². The van der Waals surface area contributed by atoms with E-state index in [1.165, 1.54) is 0 Å². The number of hydrogen-bond acceptors (Lipinski definition) is 4. The zero-order valence-corrected chi connectivity index (χ0v) is 12.6. The van der Waals surface area contributed by atoms with E-state index in [1.807, 2.05) is 0 Å². The monoisotopic (exact) mass is 295 g/mol. The first kappa shape index (κ1) is 17.0. The van der Waals surface area contributed by atoms with Crippen molar-refractivity contribution in [3.05, 3.63) is 35.4 Å². The molecule has 0 aliphatic rings. The van der Waals surface area contributed by atoms with Gasteiger partial charge in [-0.15, -0.1) is 0 Å². The normalized spacial score (nSPS) is 14.1. The van der Waals surface area contributed by atoms with Crippen molar-refractivity contribution < 1.29 is 24.5 Å². The van der Waals surface area contributed by atoms with Crippen LogP contribution in [0.4, 0.5) is 4.79 Å². The summed E-state index contributed by atoms with van der Waals surface area (Å²) in [6.45, 7) is 6.76. The quantitative estimate of drug-likeness (QED) is 0.789. The van der Waals surface area contributed by atoms with Gasteiger partial charge in [0.25, 0.3) is 0 Å². The summed E-state index contributed by atoms with van der Waals surface area (Å²) in [6.07, 6.45) is -2.25. The zero-order chi connectivity index (χ0) is 16.2. The number of hydrogen-bond donors (Lipinski definition) is 3. The molecule has 0 heterocycles. The molecule has 1 aromatic rings. The maximum Gasteiger partial charge on any atom is 0.408 e. The molecule has 0 radical (unpaired) electrons. The number of rotatable bonds is 4. The number of aliphatic hydroxyl groups is 1. The van der Waals surface area contributed by atoms with Gasteiger partial charge in [-0.25, -0.2) is 9.59 Å². The van der Waals surface area contributed by atoms with Crippen molar-refractivity contribution in [2.75, 3.05) is 0 Å². The lowest BCUT2D eigenvalue weighted by Gasteiger charge is -2.25. The molecule has 0 aromatic heterocycles. The summed E-state index contributed by atoms with van der Waals surface area (Å²) in [4.78, 5) is 23.0. The fourth-order valence-electron chi connectivity index (χ4n) is 1.81. The van der Waals surface area contributed by atoms with Crippen molar-refractivity contribution in [1.82, 2.24) is 5.32 Å². The molecular weight excluding hydrogens is 274 g/mol. The van der Waals surface area contributed by atoms with Gasteiger partial charge in [0.05, 0.1) is 0 Å². The third kappa shape index (κ3) is 5.07. The Morgan fingerprint density at radius 2 is 1.81 bits per heavy atom. The van der Waals surface area contributed by atoms with Crippen LogP contribution < -0.4 is 5.32 Å². The number of ether oxygens (including phenoxy) is 1. The Labute approximate surface area is 123 Å². The Bertz CT molecular complexity index is 521. The fourth-order valence-corrected chi connectivity index (χ4v) is 1.81. The predicted molar refractivity (Wildman–Crippen MR) is 76.9 cm³/mol. The first-order chi connectivity index (χ1) is 9.61. The van der Waals surface area contributed by atoms with E-state index in [-0.39, 0.29) is 0 Å². The van der Waals surface area contributed by atoms with E-state index in [2.05, 4.69) is 5.32 Å². The lowest BCUT2D eigenvalue weighted by molar-refractivity contribution is -0.142. The number of aryl methyl sites for hydroxylation is 1. The van der Waals surface area contributed by atoms with Gasteiger partial charge in [0.15, 0.2) is 6.04 Å². The maximum absolute atomic E-state index is 11.7. The largest absolute Gasteiger partial charge is 0.480 e. The van der Waals surface area contributed by atoms with Crippen LogP contribution in [0.2, 0.25) is 0 Å². The number of carbonyl (C=O) groups excluding carboxylic acids is 1. The molecule has 2 atom stereocenters. The highest BCUT2D eigenvalue weighted by atomic mass is 16.6. The zero-order valence-electron chi connectivity index (χ0n) is 12.6. The van der Waals surface area contributed by atoms with Crippen LogP contribution in [0.3, 0.4) is 0 Å². The van der Waals surface area contributed by atoms with Crippen LogP contribution >= 0.6 is 0 Å². The van der Waals surface area contributed by atoms with Crippen LogP contribution in [0.1, 0.15) is 38.0 Å². The van der Waals surface area contributed by atoms with E-state index in [4.69, 9.17) is 4.74 Å². The number of amides is 1. The van der Waals surface area contributed by atoms with Crippen LogP contribution in [0, 0.1) is 6.92 Å². The lowest BCUT2D eigenvalue weighted by atomic mass is 9.98. The molecule has 1 amide bonds. The second kappa shape index (κ2) is 6.58. The second-order valence-corrected chi connectivity index (χ2v) is 5.76. The molecule has 3 N–H and O–H groups in total. The van der Waals surface area contributed by atoms with Gasteiger partial charge in [0.1, 0.15) is 11.7 Å². The number of nitrogens with one attached hydrogen (secondary N) is 1. The summed E-state index contributed by atoms with van der Waals surface area (Å²) in [5.41, 5.74) is 0.434. The molecule has 1 aromatic carbocycles. The van der Waals surface area contributed by atoms with Crippen LogP contribution in [-0.4, -0.2) is 33.9 Å². The Balaban J connectivity index is 2.90. The third-order valence-electron chi connectivity index (χ3n) is 2.76. The molecule has 0 spiro atoms. The molecule has 21 heavy (non-hydrogen) atoms. The minimum Gasteiger partial charge on any atom is -0.480 e. The van der Waals surface area contributed by atoms with E-state index in [0.29, 0.717) is 5.56 Å². The number of aliphatic hydroxyl groups excluding tert-OH is 1. The molecule has 0 fully saturated rings. The molecule has 0 saturated heterocycles. The third-order valence-corrected chi connectivity index (χ3v) is 2.76. The van der Waals surface area contributed by atoms with Gasteiger partial charge < -0.3 is 20.3 Å². The Morgan fingerprint density at radius 1 is 1.24 bits per heavy atom. The maximum atomic E-state index is 11.7. The van der Waals surface area contributed by atoms with Crippen molar-refractivity contribution >= 4 is 12.1 Å². The molecule has 2 unspecified atom stereocenters. The Hall–Kier alpha value is -2.08. The highest BCUT2D eigenvalue weighted by Gasteiger charge is 2.31. The summed E-state index contributed by atoms with van der Waals surface area (Å²) in [5.74, 6) is -1.34. The lowest BCUT2D eigenvalue weighted by Crippen LogP contribution is -2.47. The van der Waals surface area contributed by atoms with Crippen molar-refractivity contribution in [3.63, 3.8) is 0 Å². The molecule has 0 aliphatic carbocycles. The summed E-state index contributed by atoms with van der Waals surface area (Å²) < 4.78 is 5.01. The minimum atomic E-state index is -1.49. The first-order valence-electron chi connectivity index (χ1n) is 6.58. The van der Waals surface area contributed by atoms with Crippen LogP contribution in [0.25, 0.3) is 0 Å². The molecule has 1 rings (SSSR count). The molecule has 0 bridgehead atoms. The van der Waals surface area contributed by atoms with Crippen molar-refractivity contribution in [2.24, 2.45) is 0 Å². The van der Waals surface area contributed by atoms with Crippen molar-refractivity contribution in [1.29, 1.82) is 0 Å². The van der Waals surface area contributed by atoms with Gasteiger partial charge in [-0.2, -0.15) is 0 Å². The van der Waals surface area contributed by atoms with E-state index in [0.717, 1.165) is 5.56 Å². The number of carboxylic acid groups (broad SMARTS) is 1. The van der Waals surface area contributed by atoms with Crippen molar-refractivity contribution in [2.45, 2.75) is 45.4 Å². The van der Waals surface area contributed by atoms with E-state index in [1.54, 1.807) is 52.0 Å². The molecular formula is C15H21NO5. The molecule has 0 aliphatic heterocycles. The van der Waals surface area contributed by atoms with E-state index < -0.39 is 29.8 Å². The molecule has 0 saturated carbocycles. The number of benzene rings is 1. The highest BCUT2D eigenvalue weighted by molar-refractivity contribution is 5.81. The molecule has 6 heteroatoms. The van der Waals surface area contributed by atoms with Gasteiger partial charge in [-0.1, -0.05) is 24.3 Å². The fraction of sp³-hybridized carbons (Fsp3) is 0.467. The number of carboxylic acids is 1. The van der Waals surface area contributed by atoms with Crippen LogP contribution in [0.5, 0.6) is 0 Å². The summed E-state index contributed by atoms with van der Waals surface area (Å²) in [5, 5.41) is 21.6. The van der Waals surface area contributed by atoms with Gasteiger partial charge in [-0.3, -0.25) is 0 Å². The summed E-state index contributed by atoms with van der Waals surface area (Å²) in [6, 6.07) is 5.36. The van der Waals surface area contributed by atoms with E-state index in [9.17, 15) is 19.8 Å². The summed E-state index contributed by atoms with van der Waals surface area (Å²) >= 11 is 0. The number of aliphatic carboxylic acids is 1. The standard InChI is InChI=1S/C15H21NO5/c1-9-7-5-6-8-10(9)12(17)11(13(18)19)16-14(20)21-15(2,3)4/h5-8,11-12,17H,1-4H3,(H,16,20)(H,18,19). The molecule has 6 nitrogen and oxygen atoms in total. The van der Waals surface area contributed by atoms with Gasteiger partial charge >= 0.3 is 12.1 Å². The number of carbonyl (C=O) groups is 2. The van der Waals surface area contributed by atoms with Gasteiger partial charge in [-0.05, 0) is 38.8 Å². The van der Waals surface area contributed by atoms with Crippen LogP contribution in [-0.2, 0) is 9.53 Å². The van der Waals surface area contributed by atoms with Crippen molar-refractivity contribution in [3.8, 4) is 0 Å². The first-order valence-corrected chi connectivity index (χ1v) is 6.58. The topological polar surface area (TPSA) is 95.9 Å². The molecule has 116 valence electrons. The highest BCUT2D eigenvalue weighted by Crippen LogP contribution is 2.21. The van der Waals surface area contributed by atoms with E-state index >= 15 is 0 Å². The predicted octanol–water partition coefficient (Wildman–Crippen LogP) is 2.01. The minimum absolute atomic E-state index is 0.445. The Morgan fingerprint density at radius 3 is 2.29 bits per heavy atom. The number of alkyl carbamates (subject to hydrolysis) is 1. The average molecular weight is 295 g/mol. The van der Waals surface area contributed by atoms with Crippen LogP contribution in [0.15, 0.2) is 24.3 Å². The summed E-state index contributed by atoms with van der Waals surface area (Å²) in [7, 11) is 0. The van der Waals surface area contributed by atoms with Gasteiger partial charge in [0.2, 0.25) is 0 Å². The Kier molecular flexibility index (Phi) is 5.32. The smallest absolute Gasteiger partial charge is 0.408 e. The SMILES string of the molecule is Cc1ccccc1C(O)C(NC(=O)OC(C)(C)C)C(=O)O. The average Bonchev–Trinajstić information content (AvgIpc) is 2.33.